The molecule has 1 aromatic carbocycles. The molecule has 0 amide bonds. The molecule has 1 aliphatic carbocycles. The summed E-state index contributed by atoms with van der Waals surface area (Å²) >= 11 is 0. The topological polar surface area (TPSA) is 36.4 Å². The first-order valence-electron chi connectivity index (χ1n) is 7.47. The molecular weight excluding hydrogens is 373 g/mol. The van der Waals surface area contributed by atoms with E-state index >= 15 is 0 Å². The van der Waals surface area contributed by atoms with Gasteiger partial charge in [0.25, 0.3) is 0 Å². The van der Waals surface area contributed by atoms with E-state index in [0.29, 0.717) is 6.04 Å². The van der Waals surface area contributed by atoms with E-state index in [0.717, 1.165) is 18.4 Å². The Morgan fingerprint density at radius 1 is 1.24 bits per heavy atom. The molecule has 3 nitrogen and oxygen atoms in total. The fourth-order valence-electron chi connectivity index (χ4n) is 2.20. The van der Waals surface area contributed by atoms with Crippen molar-refractivity contribution < 1.29 is 0 Å². The van der Waals surface area contributed by atoms with Crippen LogP contribution in [-0.4, -0.2) is 19.0 Å². The molecule has 118 valence electrons. The average Bonchev–Trinajstić information content (AvgIpc) is 3.09. The molecule has 0 aromatic heterocycles. The van der Waals surface area contributed by atoms with Crippen LogP contribution in [0.3, 0.4) is 0 Å². The van der Waals surface area contributed by atoms with Crippen molar-refractivity contribution in [2.24, 2.45) is 10.9 Å². The zero-order chi connectivity index (χ0) is 14.8. The molecule has 4 heteroatoms. The van der Waals surface area contributed by atoms with Crippen LogP contribution in [0.4, 0.5) is 0 Å². The predicted molar refractivity (Wildman–Crippen MR) is 101 cm³/mol. The summed E-state index contributed by atoms with van der Waals surface area (Å²) in [6.45, 7) is 9.79. The number of rotatable bonds is 3. The van der Waals surface area contributed by atoms with Crippen molar-refractivity contribution in [3.05, 3.63) is 35.4 Å². The number of hydrogen-bond donors (Lipinski definition) is 2. The Hall–Kier alpha value is -0.780. The van der Waals surface area contributed by atoms with Crippen LogP contribution in [0.15, 0.2) is 29.3 Å². The SMILES string of the molecule is CN=C(NCc1ccc(C(C)(C)C)cc1)NC1CC1C.I. The number of aliphatic imine (C=N–C) groups is 1. The molecule has 1 aliphatic rings. The Morgan fingerprint density at radius 3 is 2.24 bits per heavy atom. The van der Waals surface area contributed by atoms with Crippen LogP contribution < -0.4 is 10.6 Å². The number of hydrogen-bond acceptors (Lipinski definition) is 1. The van der Waals surface area contributed by atoms with Gasteiger partial charge in [-0.3, -0.25) is 4.99 Å². The van der Waals surface area contributed by atoms with E-state index in [1.807, 2.05) is 7.05 Å². The van der Waals surface area contributed by atoms with Crippen LogP contribution in [0.25, 0.3) is 0 Å². The monoisotopic (exact) mass is 401 g/mol. The second-order valence-corrected chi connectivity index (χ2v) is 6.84. The van der Waals surface area contributed by atoms with Crippen molar-refractivity contribution in [2.75, 3.05) is 7.05 Å². The average molecular weight is 401 g/mol. The molecule has 0 bridgehead atoms. The van der Waals surface area contributed by atoms with E-state index in [-0.39, 0.29) is 29.4 Å². The zero-order valence-corrected chi connectivity index (χ0v) is 16.1. The molecule has 21 heavy (non-hydrogen) atoms. The summed E-state index contributed by atoms with van der Waals surface area (Å²) in [5, 5.41) is 6.81. The van der Waals surface area contributed by atoms with Crippen molar-refractivity contribution >= 4 is 29.9 Å². The summed E-state index contributed by atoms with van der Waals surface area (Å²) in [4.78, 5) is 4.27. The highest BCUT2D eigenvalue weighted by atomic mass is 127. The van der Waals surface area contributed by atoms with E-state index in [4.69, 9.17) is 0 Å². The van der Waals surface area contributed by atoms with E-state index in [1.165, 1.54) is 17.5 Å². The maximum absolute atomic E-state index is 4.27. The smallest absolute Gasteiger partial charge is 0.191 e. The molecule has 0 heterocycles. The third-order valence-electron chi connectivity index (χ3n) is 3.94. The van der Waals surface area contributed by atoms with Gasteiger partial charge in [0.1, 0.15) is 0 Å². The molecule has 0 aliphatic heterocycles. The molecule has 0 radical (unpaired) electrons. The second-order valence-electron chi connectivity index (χ2n) is 6.84. The van der Waals surface area contributed by atoms with Gasteiger partial charge < -0.3 is 10.6 Å². The minimum atomic E-state index is 0. The highest BCUT2D eigenvalue weighted by Crippen LogP contribution is 2.28. The number of benzene rings is 1. The van der Waals surface area contributed by atoms with Gasteiger partial charge >= 0.3 is 0 Å². The first-order chi connectivity index (χ1) is 9.40. The zero-order valence-electron chi connectivity index (χ0n) is 13.7. The molecule has 0 saturated heterocycles. The van der Waals surface area contributed by atoms with Gasteiger partial charge in [0.15, 0.2) is 5.96 Å². The van der Waals surface area contributed by atoms with Crippen molar-refractivity contribution in [2.45, 2.75) is 52.1 Å². The van der Waals surface area contributed by atoms with Crippen LogP contribution in [0.1, 0.15) is 45.2 Å². The molecule has 2 N–H and O–H groups in total. The van der Waals surface area contributed by atoms with Crippen LogP contribution >= 0.6 is 24.0 Å². The normalized spacial score (nSPS) is 21.5. The maximum Gasteiger partial charge on any atom is 0.191 e. The largest absolute Gasteiger partial charge is 0.353 e. The summed E-state index contributed by atoms with van der Waals surface area (Å²) in [7, 11) is 1.82. The summed E-state index contributed by atoms with van der Waals surface area (Å²) in [6.07, 6.45) is 1.25. The number of nitrogens with zero attached hydrogens (tertiary/aromatic N) is 1. The van der Waals surface area contributed by atoms with Crippen molar-refractivity contribution in [3.8, 4) is 0 Å². The van der Waals surface area contributed by atoms with E-state index < -0.39 is 0 Å². The summed E-state index contributed by atoms with van der Waals surface area (Å²) in [6, 6.07) is 9.43. The van der Waals surface area contributed by atoms with Crippen molar-refractivity contribution in [1.29, 1.82) is 0 Å². The highest BCUT2D eigenvalue weighted by molar-refractivity contribution is 14.0. The summed E-state index contributed by atoms with van der Waals surface area (Å²) in [5.74, 6) is 1.68. The molecular formula is C17H28IN3. The van der Waals surface area contributed by atoms with Crippen molar-refractivity contribution in [3.63, 3.8) is 0 Å². The first kappa shape index (κ1) is 18.3. The molecule has 1 saturated carbocycles. The quantitative estimate of drug-likeness (QED) is 0.461. The van der Waals surface area contributed by atoms with Gasteiger partial charge in [0.2, 0.25) is 0 Å². The fourth-order valence-corrected chi connectivity index (χ4v) is 2.20. The summed E-state index contributed by atoms with van der Waals surface area (Å²) < 4.78 is 0. The molecule has 1 fully saturated rings. The van der Waals surface area contributed by atoms with Gasteiger partial charge in [-0.2, -0.15) is 0 Å². The van der Waals surface area contributed by atoms with Crippen molar-refractivity contribution in [1.82, 2.24) is 10.6 Å². The third-order valence-corrected chi connectivity index (χ3v) is 3.94. The van der Waals surface area contributed by atoms with Crippen LogP contribution in [0.2, 0.25) is 0 Å². The molecule has 2 rings (SSSR count). The summed E-state index contributed by atoms with van der Waals surface area (Å²) in [5.41, 5.74) is 2.87. The molecule has 0 spiro atoms. The minimum absolute atomic E-state index is 0. The van der Waals surface area contributed by atoms with Gasteiger partial charge in [0, 0.05) is 19.6 Å². The van der Waals surface area contributed by atoms with Gasteiger partial charge in [-0.25, -0.2) is 0 Å². The Morgan fingerprint density at radius 2 is 1.81 bits per heavy atom. The number of halogens is 1. The van der Waals surface area contributed by atoms with E-state index in [2.05, 4.69) is 67.6 Å². The lowest BCUT2D eigenvalue weighted by molar-refractivity contribution is 0.590. The molecule has 2 unspecified atom stereocenters. The van der Waals surface area contributed by atoms with E-state index in [9.17, 15) is 0 Å². The van der Waals surface area contributed by atoms with Crippen LogP contribution in [0.5, 0.6) is 0 Å². The van der Waals surface area contributed by atoms with Gasteiger partial charge in [-0.05, 0) is 28.9 Å². The third kappa shape index (κ3) is 5.49. The van der Waals surface area contributed by atoms with Gasteiger partial charge in [-0.15, -0.1) is 24.0 Å². The fraction of sp³-hybridized carbons (Fsp3) is 0.588. The second kappa shape index (κ2) is 7.47. The Balaban J connectivity index is 0.00000220. The van der Waals surface area contributed by atoms with Crippen LogP contribution in [-0.2, 0) is 12.0 Å². The van der Waals surface area contributed by atoms with E-state index in [1.54, 1.807) is 0 Å². The first-order valence-corrected chi connectivity index (χ1v) is 7.47. The lowest BCUT2D eigenvalue weighted by Crippen LogP contribution is -2.38. The predicted octanol–water partition coefficient (Wildman–Crippen LogP) is 3.68. The van der Waals surface area contributed by atoms with Gasteiger partial charge in [-0.1, -0.05) is 52.0 Å². The Kier molecular flexibility index (Phi) is 6.50. The standard InChI is InChI=1S/C17H27N3.HI/c1-12-10-15(12)20-16(18-5)19-11-13-6-8-14(9-7-13)17(2,3)4;/h6-9,12,15H,10-11H2,1-5H3,(H2,18,19,20);1H. The molecule has 1 aromatic rings. The van der Waals surface area contributed by atoms with Crippen LogP contribution in [0, 0.1) is 5.92 Å². The minimum Gasteiger partial charge on any atom is -0.353 e. The molecule has 2 atom stereocenters. The lowest BCUT2D eigenvalue weighted by atomic mass is 9.87. The number of nitrogens with one attached hydrogen (secondary N) is 2. The Bertz CT molecular complexity index is 474. The highest BCUT2D eigenvalue weighted by Gasteiger charge is 2.33. The number of guanidine groups is 1. The lowest BCUT2D eigenvalue weighted by Gasteiger charge is -2.19. The maximum atomic E-state index is 4.27. The van der Waals surface area contributed by atoms with Gasteiger partial charge in [0.05, 0.1) is 0 Å². The Labute approximate surface area is 146 Å².